The number of nitrogens with zero attached hydrogens (tertiary/aromatic N) is 2. The van der Waals surface area contributed by atoms with Crippen molar-refractivity contribution >= 4 is 17.4 Å². The minimum absolute atomic E-state index is 0.207. The van der Waals surface area contributed by atoms with Crippen LogP contribution in [0, 0.1) is 6.92 Å². The molecule has 6 heteroatoms. The van der Waals surface area contributed by atoms with Gasteiger partial charge in [0.15, 0.2) is 0 Å². The summed E-state index contributed by atoms with van der Waals surface area (Å²) in [7, 11) is 0. The third-order valence-corrected chi connectivity index (χ3v) is 5.25. The molecule has 1 unspecified atom stereocenters. The highest BCUT2D eigenvalue weighted by molar-refractivity contribution is 7.13. The molecule has 5 nitrogen and oxygen atoms in total. The molecule has 0 spiro atoms. The van der Waals surface area contributed by atoms with Crippen LogP contribution >= 0.6 is 11.3 Å². The lowest BCUT2D eigenvalue weighted by molar-refractivity contribution is 0.0246. The highest BCUT2D eigenvalue weighted by Gasteiger charge is 2.27. The van der Waals surface area contributed by atoms with Crippen molar-refractivity contribution in [1.82, 2.24) is 9.88 Å². The van der Waals surface area contributed by atoms with E-state index < -0.39 is 5.60 Å². The summed E-state index contributed by atoms with van der Waals surface area (Å²) in [6, 6.07) is 6.17. The molecule has 1 aromatic carbocycles. The van der Waals surface area contributed by atoms with Crippen LogP contribution in [0.15, 0.2) is 23.7 Å². The molecule has 1 atom stereocenters. The number of hydrogen-bond donors (Lipinski definition) is 1. The molecule has 1 aliphatic heterocycles. The van der Waals surface area contributed by atoms with Crippen LogP contribution < -0.4 is 5.73 Å². The van der Waals surface area contributed by atoms with Crippen molar-refractivity contribution in [3.63, 3.8) is 0 Å². The normalized spacial score (nSPS) is 17.8. The third kappa shape index (κ3) is 4.02. The van der Waals surface area contributed by atoms with Gasteiger partial charge in [0.05, 0.1) is 16.1 Å². The largest absolute Gasteiger partial charge is 0.444 e. The Kier molecular flexibility index (Phi) is 4.84. The Balaban J connectivity index is 1.83. The van der Waals surface area contributed by atoms with E-state index in [1.165, 1.54) is 10.4 Å². The minimum Gasteiger partial charge on any atom is -0.444 e. The molecule has 0 fully saturated rings. The zero-order valence-corrected chi connectivity index (χ0v) is 16.0. The number of carbonyl (C=O) groups is 1. The van der Waals surface area contributed by atoms with E-state index in [4.69, 9.17) is 10.5 Å². The Labute approximate surface area is 152 Å². The number of hydrogen-bond acceptors (Lipinski definition) is 5. The van der Waals surface area contributed by atoms with Crippen molar-refractivity contribution in [2.75, 3.05) is 13.1 Å². The topological polar surface area (TPSA) is 68.5 Å². The van der Waals surface area contributed by atoms with E-state index in [1.807, 2.05) is 33.2 Å². The number of ether oxygens (including phenoxy) is 1. The molecule has 1 aromatic heterocycles. The van der Waals surface area contributed by atoms with Crippen LogP contribution in [0.3, 0.4) is 0 Å². The summed E-state index contributed by atoms with van der Waals surface area (Å²) >= 11 is 1.64. The molecule has 2 N–H and O–H groups in total. The molecule has 134 valence electrons. The summed E-state index contributed by atoms with van der Waals surface area (Å²) < 4.78 is 5.50. The van der Waals surface area contributed by atoms with Crippen LogP contribution in [0.25, 0.3) is 10.4 Å². The van der Waals surface area contributed by atoms with Gasteiger partial charge in [0, 0.05) is 19.1 Å². The number of nitrogens with two attached hydrogens (primary N) is 1. The van der Waals surface area contributed by atoms with E-state index in [9.17, 15) is 4.79 Å². The SMILES string of the molecule is Cc1ncsc1-c1ccc2c(c1)CCN(C(=O)OC(C)(C)C)CC2N. The molecular weight excluding hydrogens is 334 g/mol. The molecule has 0 bridgehead atoms. The van der Waals surface area contributed by atoms with Gasteiger partial charge in [0.25, 0.3) is 0 Å². The van der Waals surface area contributed by atoms with E-state index in [2.05, 4.69) is 23.2 Å². The molecule has 0 saturated carbocycles. The van der Waals surface area contributed by atoms with Gasteiger partial charge in [0.1, 0.15) is 5.60 Å². The Morgan fingerprint density at radius 3 is 2.80 bits per heavy atom. The Hall–Kier alpha value is -1.92. The quantitative estimate of drug-likeness (QED) is 0.838. The molecule has 0 aliphatic carbocycles. The van der Waals surface area contributed by atoms with Crippen molar-refractivity contribution in [3.05, 3.63) is 40.5 Å². The predicted molar refractivity (Wildman–Crippen MR) is 101 cm³/mol. The van der Waals surface area contributed by atoms with E-state index >= 15 is 0 Å². The molecule has 2 aromatic rings. The summed E-state index contributed by atoms with van der Waals surface area (Å²) in [4.78, 5) is 19.6. The summed E-state index contributed by atoms with van der Waals surface area (Å²) in [5.74, 6) is 0. The average Bonchev–Trinajstić information content (AvgIpc) is 2.87. The lowest BCUT2D eigenvalue weighted by atomic mass is 9.97. The minimum atomic E-state index is -0.503. The second-order valence-corrected chi connectivity index (χ2v) is 8.32. The van der Waals surface area contributed by atoms with Crippen LogP contribution in [-0.4, -0.2) is 34.7 Å². The van der Waals surface area contributed by atoms with Crippen LogP contribution in [-0.2, 0) is 11.2 Å². The standard InChI is InChI=1S/C19H25N3O2S/c1-12-17(25-11-21-12)14-5-6-15-13(9-14)7-8-22(10-16(15)20)18(23)24-19(2,3)4/h5-6,9,11,16H,7-8,10,20H2,1-4H3. The first kappa shape index (κ1) is 17.9. The maximum atomic E-state index is 12.4. The highest BCUT2D eigenvalue weighted by atomic mass is 32.1. The van der Waals surface area contributed by atoms with Crippen molar-refractivity contribution in [2.24, 2.45) is 5.73 Å². The fourth-order valence-corrected chi connectivity index (χ4v) is 3.88. The molecule has 0 saturated heterocycles. The number of benzene rings is 1. The van der Waals surface area contributed by atoms with Crippen molar-refractivity contribution < 1.29 is 9.53 Å². The first-order valence-corrected chi connectivity index (χ1v) is 9.39. The van der Waals surface area contributed by atoms with Gasteiger partial charge in [-0.1, -0.05) is 12.1 Å². The number of fused-ring (bicyclic) bond motifs is 1. The number of thiazole rings is 1. The summed E-state index contributed by atoms with van der Waals surface area (Å²) in [6.07, 6.45) is 0.475. The van der Waals surface area contributed by atoms with E-state index in [0.29, 0.717) is 13.1 Å². The number of aryl methyl sites for hydroxylation is 1. The Bertz CT molecular complexity index is 779. The highest BCUT2D eigenvalue weighted by Crippen LogP contribution is 2.32. The van der Waals surface area contributed by atoms with Crippen LogP contribution in [0.1, 0.15) is 43.6 Å². The zero-order chi connectivity index (χ0) is 18.2. The second kappa shape index (κ2) is 6.77. The maximum absolute atomic E-state index is 12.4. The first-order chi connectivity index (χ1) is 11.7. The third-order valence-electron chi connectivity index (χ3n) is 4.27. The van der Waals surface area contributed by atoms with Gasteiger partial charge in [0.2, 0.25) is 0 Å². The van der Waals surface area contributed by atoms with Crippen LogP contribution in [0.4, 0.5) is 4.79 Å². The zero-order valence-electron chi connectivity index (χ0n) is 15.2. The van der Waals surface area contributed by atoms with E-state index in [1.54, 1.807) is 16.2 Å². The maximum Gasteiger partial charge on any atom is 0.410 e. The monoisotopic (exact) mass is 359 g/mol. The summed E-state index contributed by atoms with van der Waals surface area (Å²) in [5.41, 5.74) is 12.3. The lowest BCUT2D eigenvalue weighted by Gasteiger charge is -2.27. The number of carbonyl (C=O) groups excluding carboxylic acids is 1. The van der Waals surface area contributed by atoms with E-state index in [-0.39, 0.29) is 12.1 Å². The fraction of sp³-hybridized carbons (Fsp3) is 0.474. The molecule has 0 radical (unpaired) electrons. The van der Waals surface area contributed by atoms with Crippen molar-refractivity contribution in [3.8, 4) is 10.4 Å². The van der Waals surface area contributed by atoms with Gasteiger partial charge >= 0.3 is 6.09 Å². The van der Waals surface area contributed by atoms with E-state index in [0.717, 1.165) is 23.2 Å². The summed E-state index contributed by atoms with van der Waals surface area (Å²) in [6.45, 7) is 8.73. The fourth-order valence-electron chi connectivity index (χ4n) is 3.08. The number of rotatable bonds is 1. The molecule has 2 heterocycles. The number of aromatic nitrogens is 1. The second-order valence-electron chi connectivity index (χ2n) is 7.46. The number of amides is 1. The Morgan fingerprint density at radius 2 is 2.16 bits per heavy atom. The molecule has 1 aliphatic rings. The average molecular weight is 359 g/mol. The Morgan fingerprint density at radius 1 is 1.40 bits per heavy atom. The smallest absolute Gasteiger partial charge is 0.410 e. The molecule has 25 heavy (non-hydrogen) atoms. The van der Waals surface area contributed by atoms with Crippen molar-refractivity contribution in [1.29, 1.82) is 0 Å². The van der Waals surface area contributed by atoms with Gasteiger partial charge < -0.3 is 15.4 Å². The lowest BCUT2D eigenvalue weighted by Crippen LogP contribution is -2.40. The van der Waals surface area contributed by atoms with Crippen LogP contribution in [0.5, 0.6) is 0 Å². The van der Waals surface area contributed by atoms with Gasteiger partial charge in [-0.25, -0.2) is 9.78 Å². The van der Waals surface area contributed by atoms with Gasteiger partial charge in [-0.15, -0.1) is 11.3 Å². The molecule has 1 amide bonds. The van der Waals surface area contributed by atoms with Gasteiger partial charge in [-0.05, 0) is 56.9 Å². The van der Waals surface area contributed by atoms with Gasteiger partial charge in [-0.3, -0.25) is 0 Å². The van der Waals surface area contributed by atoms with Crippen molar-refractivity contribution in [2.45, 2.75) is 45.8 Å². The predicted octanol–water partition coefficient (Wildman–Crippen LogP) is 3.91. The molecular formula is C19H25N3O2S. The first-order valence-electron chi connectivity index (χ1n) is 8.51. The summed E-state index contributed by atoms with van der Waals surface area (Å²) in [5, 5.41) is 0. The van der Waals surface area contributed by atoms with Gasteiger partial charge in [-0.2, -0.15) is 0 Å². The molecule has 3 rings (SSSR count). The van der Waals surface area contributed by atoms with Crippen LogP contribution in [0.2, 0.25) is 0 Å².